The molecule has 11 heavy (non-hydrogen) atoms. The van der Waals surface area contributed by atoms with Crippen LogP contribution in [0.5, 0.6) is 0 Å². The fourth-order valence-electron chi connectivity index (χ4n) is 0.123. The lowest BCUT2D eigenvalue weighted by Gasteiger charge is -1.84. The maximum Gasteiger partial charge on any atom is 0.330 e. The van der Waals surface area contributed by atoms with Crippen LogP contribution in [0.1, 0.15) is 13.8 Å². The summed E-state index contributed by atoms with van der Waals surface area (Å²) < 4.78 is 0. The van der Waals surface area contributed by atoms with E-state index in [0.717, 1.165) is 0 Å². The van der Waals surface area contributed by atoms with Gasteiger partial charge in [-0.1, -0.05) is 12.7 Å². The maximum absolute atomic E-state index is 9.86. The van der Waals surface area contributed by atoms with Crippen molar-refractivity contribution in [3.05, 3.63) is 24.3 Å². The van der Waals surface area contributed by atoms with Crippen LogP contribution in [0.3, 0.4) is 0 Å². The minimum Gasteiger partial charge on any atom is -0.478 e. The van der Waals surface area contributed by atoms with Crippen molar-refractivity contribution < 1.29 is 9.90 Å². The molecule has 0 saturated carbocycles. The van der Waals surface area contributed by atoms with Crippen molar-refractivity contribution in [1.29, 1.82) is 5.26 Å². The van der Waals surface area contributed by atoms with Crippen LogP contribution in [0, 0.1) is 11.3 Å². The van der Waals surface area contributed by atoms with Crippen molar-refractivity contribution in [3.8, 4) is 6.07 Å². The molecule has 0 spiro atoms. The smallest absolute Gasteiger partial charge is 0.330 e. The second-order valence-electron chi connectivity index (χ2n) is 1.61. The highest BCUT2D eigenvalue weighted by Gasteiger charge is 1.93. The Morgan fingerprint density at radius 1 is 1.73 bits per heavy atom. The van der Waals surface area contributed by atoms with Gasteiger partial charge in [0, 0.05) is 11.6 Å². The summed E-state index contributed by atoms with van der Waals surface area (Å²) in [5, 5.41) is 15.6. The number of rotatable bonds is 1. The fraction of sp³-hybridized carbons (Fsp3) is 0.250. The van der Waals surface area contributed by atoms with Crippen molar-refractivity contribution in [2.45, 2.75) is 13.8 Å². The molecular weight excluding hydrogens is 142 g/mol. The summed E-state index contributed by atoms with van der Waals surface area (Å²) in [4.78, 5) is 9.86. The topological polar surface area (TPSA) is 61.1 Å². The summed E-state index contributed by atoms with van der Waals surface area (Å²) in [6.45, 7) is 6.37. The predicted octanol–water partition coefficient (Wildman–Crippen LogP) is 1.73. The van der Waals surface area contributed by atoms with Gasteiger partial charge in [-0.25, -0.2) is 4.79 Å². The molecule has 0 amide bonds. The van der Waals surface area contributed by atoms with Gasteiger partial charge in [0.25, 0.3) is 0 Å². The minimum absolute atomic E-state index is 0.389. The van der Waals surface area contributed by atoms with Crippen molar-refractivity contribution in [1.82, 2.24) is 0 Å². The molecule has 0 unspecified atom stereocenters. The number of aliphatic carboxylic acids is 1. The molecule has 0 aromatic heterocycles. The molecule has 0 aliphatic rings. The van der Waals surface area contributed by atoms with Crippen molar-refractivity contribution in [3.63, 3.8) is 0 Å². The van der Waals surface area contributed by atoms with E-state index in [2.05, 4.69) is 6.58 Å². The average molecular weight is 153 g/mol. The molecule has 0 rings (SSSR count). The largest absolute Gasteiger partial charge is 0.478 e. The Balaban J connectivity index is 0. The number of carbonyl (C=O) groups is 1. The first-order chi connectivity index (χ1) is 5.09. The van der Waals surface area contributed by atoms with Gasteiger partial charge >= 0.3 is 5.97 Å². The van der Waals surface area contributed by atoms with Gasteiger partial charge in [-0.15, -0.1) is 0 Å². The average Bonchev–Trinajstić information content (AvgIpc) is 2.03. The molecule has 3 nitrogen and oxygen atoms in total. The lowest BCUT2D eigenvalue weighted by Crippen LogP contribution is -1.93. The zero-order valence-corrected chi connectivity index (χ0v) is 6.66. The van der Waals surface area contributed by atoms with Crippen LogP contribution in [0.4, 0.5) is 0 Å². The Bertz CT molecular complexity index is 199. The van der Waals surface area contributed by atoms with E-state index >= 15 is 0 Å². The minimum atomic E-state index is -0.845. The molecule has 3 heteroatoms. The van der Waals surface area contributed by atoms with Gasteiger partial charge in [0.15, 0.2) is 0 Å². The quantitative estimate of drug-likeness (QED) is 0.461. The summed E-state index contributed by atoms with van der Waals surface area (Å²) in [6, 6.07) is 1.69. The monoisotopic (exact) mass is 153 g/mol. The normalized spacial score (nSPS) is 8.64. The molecule has 0 saturated heterocycles. The first kappa shape index (κ1) is 12.1. The highest BCUT2D eigenvalue weighted by molar-refractivity contribution is 5.85. The van der Waals surface area contributed by atoms with E-state index in [1.165, 1.54) is 6.08 Å². The maximum atomic E-state index is 9.86. The summed E-state index contributed by atoms with van der Waals surface area (Å²) in [7, 11) is 0. The first-order valence-electron chi connectivity index (χ1n) is 2.96. The van der Waals surface area contributed by atoms with Gasteiger partial charge in [-0.3, -0.25) is 0 Å². The lowest BCUT2D eigenvalue weighted by atomic mass is 10.3. The van der Waals surface area contributed by atoms with Crippen molar-refractivity contribution >= 4 is 5.97 Å². The second kappa shape index (κ2) is 8.44. The number of allylic oxidation sites excluding steroid dienone is 2. The molecule has 0 aromatic rings. The van der Waals surface area contributed by atoms with E-state index in [0.29, 0.717) is 5.57 Å². The van der Waals surface area contributed by atoms with Crippen LogP contribution < -0.4 is 0 Å². The Morgan fingerprint density at radius 2 is 2.09 bits per heavy atom. The van der Waals surface area contributed by atoms with E-state index < -0.39 is 5.97 Å². The number of carboxylic acids is 1. The van der Waals surface area contributed by atoms with Gasteiger partial charge in [-0.2, -0.15) is 5.26 Å². The standard InChI is InChI=1S/C5H8O2.C3H3N/c1-3-4(2)5(6)7;1-2-3-4/h3H,1-2H3,(H,6,7);2H,1H2/b4-3+;. The SMILES string of the molecule is C/C=C(\C)C(=O)O.C=CC#N. The number of nitriles is 1. The van der Waals surface area contributed by atoms with Crippen LogP contribution in [-0.2, 0) is 4.79 Å². The molecule has 1 N–H and O–H groups in total. The Kier molecular flexibility index (Phi) is 9.32. The van der Waals surface area contributed by atoms with E-state index in [4.69, 9.17) is 10.4 Å². The molecular formula is C8H11NO2. The summed E-state index contributed by atoms with van der Waals surface area (Å²) in [6.07, 6.45) is 2.74. The molecule has 0 heterocycles. The number of hydrogen-bond acceptors (Lipinski definition) is 2. The highest BCUT2D eigenvalue weighted by atomic mass is 16.4. The van der Waals surface area contributed by atoms with Crippen molar-refractivity contribution in [2.75, 3.05) is 0 Å². The van der Waals surface area contributed by atoms with Gasteiger partial charge in [-0.05, 0) is 13.8 Å². The van der Waals surface area contributed by atoms with Gasteiger partial charge in [0.2, 0.25) is 0 Å². The van der Waals surface area contributed by atoms with E-state index in [1.807, 2.05) is 0 Å². The third-order valence-electron chi connectivity index (χ3n) is 0.862. The molecule has 0 aromatic carbocycles. The second-order valence-corrected chi connectivity index (χ2v) is 1.61. The van der Waals surface area contributed by atoms with Crippen LogP contribution in [-0.4, -0.2) is 11.1 Å². The van der Waals surface area contributed by atoms with E-state index in [9.17, 15) is 4.79 Å². The van der Waals surface area contributed by atoms with E-state index in [-0.39, 0.29) is 0 Å². The molecule has 60 valence electrons. The van der Waals surface area contributed by atoms with Gasteiger partial charge < -0.3 is 5.11 Å². The summed E-state index contributed by atoms with van der Waals surface area (Å²) in [5.41, 5.74) is 0.389. The van der Waals surface area contributed by atoms with Crippen LogP contribution in [0.25, 0.3) is 0 Å². The summed E-state index contributed by atoms with van der Waals surface area (Å²) >= 11 is 0. The third-order valence-corrected chi connectivity index (χ3v) is 0.862. The van der Waals surface area contributed by atoms with Gasteiger partial charge in [0.05, 0.1) is 6.07 Å². The fourth-order valence-corrected chi connectivity index (χ4v) is 0.123. The predicted molar refractivity (Wildman–Crippen MR) is 42.9 cm³/mol. The van der Waals surface area contributed by atoms with Crippen LogP contribution in [0.2, 0.25) is 0 Å². The summed E-state index contributed by atoms with van der Waals surface area (Å²) in [5.74, 6) is -0.845. The molecule has 0 atom stereocenters. The number of nitrogens with zero attached hydrogens (tertiary/aromatic N) is 1. The molecule has 0 fully saturated rings. The van der Waals surface area contributed by atoms with Crippen LogP contribution in [0.15, 0.2) is 24.3 Å². The molecule has 0 aliphatic heterocycles. The molecule has 0 radical (unpaired) electrons. The molecule has 0 bridgehead atoms. The highest BCUT2D eigenvalue weighted by Crippen LogP contribution is 1.87. The zero-order chi connectivity index (χ0) is 9.28. The Morgan fingerprint density at radius 3 is 2.09 bits per heavy atom. The lowest BCUT2D eigenvalue weighted by molar-refractivity contribution is -0.132. The van der Waals surface area contributed by atoms with Crippen LogP contribution >= 0.6 is 0 Å². The number of hydrogen-bond donors (Lipinski definition) is 1. The first-order valence-corrected chi connectivity index (χ1v) is 2.96. The third kappa shape index (κ3) is 11.8. The Labute approximate surface area is 66.3 Å². The molecule has 0 aliphatic carbocycles. The zero-order valence-electron chi connectivity index (χ0n) is 6.66. The van der Waals surface area contributed by atoms with E-state index in [1.54, 1.807) is 26.0 Å². The Hall–Kier alpha value is -1.56. The van der Waals surface area contributed by atoms with Gasteiger partial charge in [0.1, 0.15) is 0 Å². The van der Waals surface area contributed by atoms with Crippen molar-refractivity contribution in [2.24, 2.45) is 0 Å². The number of carboxylic acid groups (broad SMARTS) is 1.